The molecule has 29 heavy (non-hydrogen) atoms. The Kier molecular flexibility index (Phi) is 7.39. The molecule has 2 atom stereocenters. The van der Waals surface area contributed by atoms with Gasteiger partial charge in [-0.3, -0.25) is 14.4 Å². The van der Waals surface area contributed by atoms with Crippen molar-refractivity contribution in [2.75, 3.05) is 0 Å². The van der Waals surface area contributed by atoms with E-state index in [9.17, 15) is 24.3 Å². The highest BCUT2D eigenvalue weighted by Gasteiger charge is 2.27. The number of rotatable bonds is 10. The Morgan fingerprint density at radius 2 is 1.93 bits per heavy atom. The van der Waals surface area contributed by atoms with E-state index < -0.39 is 35.7 Å². The molecule has 2 amide bonds. The number of hydrogen-bond acceptors (Lipinski definition) is 4. The quantitative estimate of drug-likeness (QED) is 0.258. The van der Waals surface area contributed by atoms with E-state index in [2.05, 4.69) is 20.4 Å². The number of aromatic amines is 1. The van der Waals surface area contributed by atoms with Crippen LogP contribution < -0.4 is 10.6 Å². The SMILES string of the molecule is CC(=O)NC(Cc1c[nH]c2ccccc12)C(=O)NC(CCC(=O)C=[N+]=[N-])C(=O)O. The summed E-state index contributed by atoms with van der Waals surface area (Å²) in [5, 5.41) is 15.1. The van der Waals surface area contributed by atoms with Crippen molar-refractivity contribution in [2.45, 2.75) is 38.3 Å². The number of nitrogens with zero attached hydrogens (tertiary/aromatic N) is 2. The van der Waals surface area contributed by atoms with Crippen molar-refractivity contribution >= 4 is 40.7 Å². The summed E-state index contributed by atoms with van der Waals surface area (Å²) in [5.74, 6) is -3.02. The lowest BCUT2D eigenvalue weighted by atomic mass is 10.0. The number of carboxylic acids is 1. The van der Waals surface area contributed by atoms with Gasteiger partial charge < -0.3 is 26.3 Å². The number of carboxylic acid groups (broad SMARTS) is 1. The first-order valence-corrected chi connectivity index (χ1v) is 8.87. The lowest BCUT2D eigenvalue weighted by Crippen LogP contribution is -2.52. The van der Waals surface area contributed by atoms with Crippen LogP contribution >= 0.6 is 0 Å². The third-order valence-electron chi connectivity index (χ3n) is 4.29. The molecule has 0 spiro atoms. The predicted molar refractivity (Wildman–Crippen MR) is 103 cm³/mol. The van der Waals surface area contributed by atoms with E-state index in [1.807, 2.05) is 24.3 Å². The van der Waals surface area contributed by atoms with Crippen molar-refractivity contribution in [1.82, 2.24) is 15.6 Å². The number of carbonyl (C=O) groups is 4. The summed E-state index contributed by atoms with van der Waals surface area (Å²) in [5.41, 5.74) is 9.99. The molecule has 0 saturated carbocycles. The fraction of sp³-hybridized carbons (Fsp3) is 0.316. The standard InChI is InChI=1S/C19H21N5O5/c1-11(25)23-17(8-12-9-21-15-5-3-2-4-14(12)15)18(27)24-16(19(28)29)7-6-13(26)10-22-20/h2-5,9-10,16-17,21H,6-8H2,1H3,(H,23,25)(H,24,27)(H,28,29). The van der Waals surface area contributed by atoms with Crippen molar-refractivity contribution in [3.05, 3.63) is 41.6 Å². The van der Waals surface area contributed by atoms with Gasteiger partial charge >= 0.3 is 12.2 Å². The van der Waals surface area contributed by atoms with Gasteiger partial charge in [-0.2, -0.15) is 4.79 Å². The Balaban J connectivity index is 2.14. The number of nitrogens with one attached hydrogen (secondary N) is 3. The number of fused-ring (bicyclic) bond motifs is 1. The van der Waals surface area contributed by atoms with Crippen LogP contribution in [0.15, 0.2) is 30.5 Å². The summed E-state index contributed by atoms with van der Waals surface area (Å²) in [6.07, 6.45) is 2.13. The maximum atomic E-state index is 12.7. The van der Waals surface area contributed by atoms with Gasteiger partial charge in [0, 0.05) is 36.9 Å². The monoisotopic (exact) mass is 399 g/mol. The maximum absolute atomic E-state index is 12.7. The Labute approximate surface area is 165 Å². The minimum Gasteiger partial charge on any atom is -0.480 e. The van der Waals surface area contributed by atoms with Crippen LogP contribution in [0.4, 0.5) is 0 Å². The fourth-order valence-electron chi connectivity index (χ4n) is 2.92. The lowest BCUT2D eigenvalue weighted by Gasteiger charge is -2.20. The number of ketones is 1. The van der Waals surface area contributed by atoms with Gasteiger partial charge in [-0.05, 0) is 18.1 Å². The van der Waals surface area contributed by atoms with Crippen molar-refractivity contribution in [3.63, 3.8) is 0 Å². The van der Waals surface area contributed by atoms with E-state index in [1.165, 1.54) is 6.92 Å². The van der Waals surface area contributed by atoms with E-state index in [0.717, 1.165) is 16.5 Å². The van der Waals surface area contributed by atoms with Crippen LogP contribution in [-0.2, 0) is 25.6 Å². The zero-order chi connectivity index (χ0) is 21.4. The van der Waals surface area contributed by atoms with Crippen molar-refractivity contribution in [3.8, 4) is 0 Å². The number of hydrogen-bond donors (Lipinski definition) is 4. The van der Waals surface area contributed by atoms with E-state index in [4.69, 9.17) is 5.53 Å². The molecule has 1 heterocycles. The molecule has 0 aliphatic heterocycles. The molecule has 10 nitrogen and oxygen atoms in total. The minimum atomic E-state index is -1.34. The summed E-state index contributed by atoms with van der Waals surface area (Å²) in [6.45, 7) is 1.26. The van der Waals surface area contributed by atoms with Gasteiger partial charge in [0.2, 0.25) is 17.6 Å². The molecule has 0 fully saturated rings. The maximum Gasteiger partial charge on any atom is 0.326 e. The number of carbonyl (C=O) groups excluding carboxylic acids is 3. The molecular formula is C19H21N5O5. The Bertz CT molecular complexity index is 976. The van der Waals surface area contributed by atoms with E-state index >= 15 is 0 Å². The lowest BCUT2D eigenvalue weighted by molar-refractivity contribution is -0.142. The zero-order valence-corrected chi connectivity index (χ0v) is 15.7. The summed E-state index contributed by atoms with van der Waals surface area (Å²) < 4.78 is 0. The predicted octanol–water partition coefficient (Wildman–Crippen LogP) is 0.434. The van der Waals surface area contributed by atoms with Crippen LogP contribution in [0.3, 0.4) is 0 Å². The molecule has 0 saturated heterocycles. The first kappa shape index (κ1) is 21.5. The highest BCUT2D eigenvalue weighted by Crippen LogP contribution is 2.19. The van der Waals surface area contributed by atoms with Gasteiger partial charge in [-0.25, -0.2) is 4.79 Å². The summed E-state index contributed by atoms with van der Waals surface area (Å²) >= 11 is 0. The highest BCUT2D eigenvalue weighted by molar-refractivity contribution is 6.25. The number of aliphatic carboxylic acids is 1. The largest absolute Gasteiger partial charge is 0.480 e. The van der Waals surface area contributed by atoms with Crippen LogP contribution in [0.25, 0.3) is 16.4 Å². The third kappa shape index (κ3) is 6.12. The van der Waals surface area contributed by atoms with Gasteiger partial charge in [-0.1, -0.05) is 18.2 Å². The van der Waals surface area contributed by atoms with Crippen LogP contribution in [-0.4, -0.2) is 56.7 Å². The van der Waals surface area contributed by atoms with Crippen LogP contribution in [0.5, 0.6) is 0 Å². The fourth-order valence-corrected chi connectivity index (χ4v) is 2.92. The molecule has 152 valence electrons. The average Bonchev–Trinajstić information content (AvgIpc) is 3.07. The smallest absolute Gasteiger partial charge is 0.326 e. The topological polar surface area (TPSA) is 165 Å². The molecule has 1 aromatic heterocycles. The van der Waals surface area contributed by atoms with Crippen molar-refractivity contribution < 1.29 is 29.1 Å². The molecule has 4 N–H and O–H groups in total. The van der Waals surface area contributed by atoms with Gasteiger partial charge in [0.25, 0.3) is 0 Å². The second-order valence-electron chi connectivity index (χ2n) is 6.47. The van der Waals surface area contributed by atoms with Crippen LogP contribution in [0, 0.1) is 0 Å². The van der Waals surface area contributed by atoms with Crippen molar-refractivity contribution in [2.24, 2.45) is 0 Å². The Morgan fingerprint density at radius 1 is 1.21 bits per heavy atom. The van der Waals surface area contributed by atoms with Crippen molar-refractivity contribution in [1.29, 1.82) is 0 Å². The summed E-state index contributed by atoms with van der Waals surface area (Å²) in [6, 6.07) is 5.12. The Morgan fingerprint density at radius 3 is 2.59 bits per heavy atom. The minimum absolute atomic E-state index is 0.151. The number of Topliss-reactive ketones (excluding diaryl/α,β-unsaturated/α-hetero) is 1. The van der Waals surface area contributed by atoms with Gasteiger partial charge in [0.15, 0.2) is 0 Å². The molecule has 1 aromatic carbocycles. The third-order valence-corrected chi connectivity index (χ3v) is 4.29. The molecule has 2 unspecified atom stereocenters. The average molecular weight is 399 g/mol. The second-order valence-corrected chi connectivity index (χ2v) is 6.47. The zero-order valence-electron chi connectivity index (χ0n) is 15.7. The number of aromatic nitrogens is 1. The molecule has 2 rings (SSSR count). The van der Waals surface area contributed by atoms with E-state index in [1.54, 1.807) is 6.20 Å². The first-order valence-electron chi connectivity index (χ1n) is 8.87. The number of amides is 2. The highest BCUT2D eigenvalue weighted by atomic mass is 16.4. The molecule has 0 radical (unpaired) electrons. The van der Waals surface area contributed by atoms with E-state index in [-0.39, 0.29) is 19.3 Å². The summed E-state index contributed by atoms with van der Waals surface area (Å²) in [7, 11) is 0. The van der Waals surface area contributed by atoms with E-state index in [0.29, 0.717) is 6.21 Å². The van der Waals surface area contributed by atoms with Crippen LogP contribution in [0.1, 0.15) is 25.3 Å². The van der Waals surface area contributed by atoms with Gasteiger partial charge in [-0.15, -0.1) is 0 Å². The summed E-state index contributed by atoms with van der Waals surface area (Å²) in [4.78, 5) is 52.7. The molecule has 0 aliphatic carbocycles. The van der Waals surface area contributed by atoms with Gasteiger partial charge in [0.1, 0.15) is 12.1 Å². The number of benzene rings is 1. The normalized spacial score (nSPS) is 12.4. The molecular weight excluding hydrogens is 378 g/mol. The molecule has 0 aliphatic rings. The van der Waals surface area contributed by atoms with Crippen LogP contribution in [0.2, 0.25) is 0 Å². The number of para-hydroxylation sites is 1. The second kappa shape index (κ2) is 9.95. The molecule has 0 bridgehead atoms. The van der Waals surface area contributed by atoms with Gasteiger partial charge in [0.05, 0.1) is 0 Å². The first-order chi connectivity index (χ1) is 13.8. The molecule has 10 heteroatoms. The number of H-pyrrole nitrogens is 1. The molecule has 2 aromatic rings. The Hall–Kier alpha value is -3.78.